The second kappa shape index (κ2) is 6.07. The van der Waals surface area contributed by atoms with E-state index in [0.717, 1.165) is 32.5 Å². The number of anilines is 1. The third kappa shape index (κ3) is 2.94. The Hall–Kier alpha value is -1.18. The normalized spacial score (nSPS) is 18.6. The van der Waals surface area contributed by atoms with Gasteiger partial charge in [0.05, 0.1) is 5.69 Å². The van der Waals surface area contributed by atoms with Gasteiger partial charge < -0.3 is 10.6 Å². The minimum Gasteiger partial charge on any atom is -0.398 e. The molecule has 20 heavy (non-hydrogen) atoms. The number of piperidine rings is 1. The van der Waals surface area contributed by atoms with E-state index in [4.69, 9.17) is 5.73 Å². The summed E-state index contributed by atoms with van der Waals surface area (Å²) in [5.74, 6) is 0. The van der Waals surface area contributed by atoms with Crippen molar-refractivity contribution in [1.29, 1.82) is 0 Å². The Morgan fingerprint density at radius 1 is 1.45 bits per heavy atom. The topological polar surface area (TPSA) is 79.5 Å². The van der Waals surface area contributed by atoms with Gasteiger partial charge in [-0.05, 0) is 38.5 Å². The summed E-state index contributed by atoms with van der Waals surface area (Å²) in [6.45, 7) is 5.00. The van der Waals surface area contributed by atoms with Crippen molar-refractivity contribution in [2.75, 3.05) is 32.4 Å². The van der Waals surface area contributed by atoms with Crippen molar-refractivity contribution in [2.24, 2.45) is 0 Å². The van der Waals surface area contributed by atoms with Crippen LogP contribution < -0.4 is 5.73 Å². The molecule has 1 aliphatic rings. The Morgan fingerprint density at radius 2 is 2.10 bits per heavy atom. The number of hydrogen-bond acceptors (Lipinski definition) is 5. The van der Waals surface area contributed by atoms with Crippen LogP contribution in [0.1, 0.15) is 19.8 Å². The number of hydrogen-bond donors (Lipinski definition) is 1. The predicted molar refractivity (Wildman–Crippen MR) is 78.7 cm³/mol. The molecular weight excluding hydrogens is 276 g/mol. The van der Waals surface area contributed by atoms with Crippen LogP contribution in [-0.4, -0.2) is 55.3 Å². The molecule has 1 fully saturated rings. The van der Waals surface area contributed by atoms with E-state index in [-0.39, 0.29) is 16.6 Å². The number of pyridine rings is 1. The SMILES string of the molecule is CCN1CCC(N(C)S(=O)(=O)c2cnccc2N)CC1. The average molecular weight is 298 g/mol. The number of nitrogens with zero attached hydrogens (tertiary/aromatic N) is 3. The molecule has 7 heteroatoms. The minimum absolute atomic E-state index is 0.0300. The van der Waals surface area contributed by atoms with Gasteiger partial charge in [0, 0.05) is 25.5 Å². The highest BCUT2D eigenvalue weighted by Gasteiger charge is 2.31. The van der Waals surface area contributed by atoms with Gasteiger partial charge in [-0.15, -0.1) is 0 Å². The number of rotatable bonds is 4. The lowest BCUT2D eigenvalue weighted by atomic mass is 10.1. The summed E-state index contributed by atoms with van der Waals surface area (Å²) in [6.07, 6.45) is 4.52. The van der Waals surface area contributed by atoms with Crippen LogP contribution in [0.2, 0.25) is 0 Å². The van der Waals surface area contributed by atoms with Crippen molar-refractivity contribution in [3.63, 3.8) is 0 Å². The molecule has 0 radical (unpaired) electrons. The van der Waals surface area contributed by atoms with E-state index in [1.54, 1.807) is 7.05 Å². The summed E-state index contributed by atoms with van der Waals surface area (Å²) >= 11 is 0. The summed E-state index contributed by atoms with van der Waals surface area (Å²) < 4.78 is 26.6. The lowest BCUT2D eigenvalue weighted by Gasteiger charge is -2.35. The first-order chi connectivity index (χ1) is 9.46. The monoisotopic (exact) mass is 298 g/mol. The average Bonchev–Trinajstić information content (AvgIpc) is 2.47. The first-order valence-electron chi connectivity index (χ1n) is 6.86. The van der Waals surface area contributed by atoms with Gasteiger partial charge in [-0.25, -0.2) is 8.42 Å². The molecule has 0 atom stereocenters. The van der Waals surface area contributed by atoms with Crippen molar-refractivity contribution in [3.05, 3.63) is 18.5 Å². The molecule has 1 aliphatic heterocycles. The van der Waals surface area contributed by atoms with Crippen LogP contribution in [-0.2, 0) is 10.0 Å². The van der Waals surface area contributed by atoms with E-state index < -0.39 is 10.0 Å². The number of nitrogens with two attached hydrogens (primary N) is 1. The van der Waals surface area contributed by atoms with Crippen molar-refractivity contribution < 1.29 is 8.42 Å². The van der Waals surface area contributed by atoms with E-state index >= 15 is 0 Å². The van der Waals surface area contributed by atoms with Crippen molar-refractivity contribution in [3.8, 4) is 0 Å². The fourth-order valence-corrected chi connectivity index (χ4v) is 4.03. The van der Waals surface area contributed by atoms with Crippen molar-refractivity contribution in [2.45, 2.75) is 30.7 Å². The van der Waals surface area contributed by atoms with Gasteiger partial charge in [0.2, 0.25) is 10.0 Å². The Morgan fingerprint density at radius 3 is 2.65 bits per heavy atom. The van der Waals surface area contributed by atoms with Gasteiger partial charge in [-0.3, -0.25) is 4.98 Å². The molecule has 0 spiro atoms. The molecule has 1 aromatic heterocycles. The molecule has 1 saturated heterocycles. The fourth-order valence-electron chi connectivity index (χ4n) is 2.56. The maximum Gasteiger partial charge on any atom is 0.246 e. The second-order valence-electron chi connectivity index (χ2n) is 5.10. The number of aromatic nitrogens is 1. The predicted octanol–water partition coefficient (Wildman–Crippen LogP) is 0.769. The molecule has 0 unspecified atom stereocenters. The highest BCUT2D eigenvalue weighted by Crippen LogP contribution is 2.25. The molecular formula is C13H22N4O2S. The van der Waals surface area contributed by atoms with Gasteiger partial charge in [0.25, 0.3) is 0 Å². The molecule has 112 valence electrons. The molecule has 2 rings (SSSR count). The number of likely N-dealkylation sites (tertiary alicyclic amines) is 1. The van der Waals surface area contributed by atoms with E-state index in [9.17, 15) is 8.42 Å². The molecule has 2 heterocycles. The molecule has 0 aliphatic carbocycles. The summed E-state index contributed by atoms with van der Waals surface area (Å²) in [7, 11) is -1.93. The third-order valence-electron chi connectivity index (χ3n) is 3.99. The molecule has 0 bridgehead atoms. The van der Waals surface area contributed by atoms with Gasteiger partial charge in [0.15, 0.2) is 0 Å². The minimum atomic E-state index is -3.57. The van der Waals surface area contributed by atoms with Crippen LogP contribution in [0.5, 0.6) is 0 Å². The Kier molecular flexibility index (Phi) is 4.62. The van der Waals surface area contributed by atoms with Gasteiger partial charge in [0.1, 0.15) is 4.90 Å². The van der Waals surface area contributed by atoms with Crippen LogP contribution in [0, 0.1) is 0 Å². The van der Waals surface area contributed by atoms with Gasteiger partial charge >= 0.3 is 0 Å². The van der Waals surface area contributed by atoms with E-state index in [1.807, 2.05) is 0 Å². The molecule has 2 N–H and O–H groups in total. The third-order valence-corrected chi connectivity index (χ3v) is 5.95. The molecule has 0 saturated carbocycles. The maximum atomic E-state index is 12.6. The van der Waals surface area contributed by atoms with Crippen molar-refractivity contribution >= 4 is 15.7 Å². The Labute approximate surface area is 120 Å². The van der Waals surface area contributed by atoms with Gasteiger partial charge in [-0.2, -0.15) is 4.31 Å². The summed E-state index contributed by atoms with van der Waals surface area (Å²) in [6, 6.07) is 1.54. The van der Waals surface area contributed by atoms with Crippen LogP contribution in [0.3, 0.4) is 0 Å². The zero-order valence-corrected chi connectivity index (χ0v) is 12.8. The van der Waals surface area contributed by atoms with E-state index in [2.05, 4.69) is 16.8 Å². The molecule has 0 amide bonds. The van der Waals surface area contributed by atoms with Gasteiger partial charge in [-0.1, -0.05) is 6.92 Å². The Bertz CT molecular complexity index is 553. The number of sulfonamides is 1. The summed E-state index contributed by atoms with van der Waals surface area (Å²) in [5, 5.41) is 0. The second-order valence-corrected chi connectivity index (χ2v) is 7.07. The lowest BCUT2D eigenvalue weighted by Crippen LogP contribution is -2.45. The first kappa shape index (κ1) is 15.2. The zero-order chi connectivity index (χ0) is 14.8. The first-order valence-corrected chi connectivity index (χ1v) is 8.30. The van der Waals surface area contributed by atoms with E-state index in [1.165, 1.54) is 22.8 Å². The smallest absolute Gasteiger partial charge is 0.246 e. The summed E-state index contributed by atoms with van der Waals surface area (Å²) in [4.78, 5) is 6.30. The van der Waals surface area contributed by atoms with E-state index in [0.29, 0.717) is 0 Å². The Balaban J connectivity index is 2.16. The van der Waals surface area contributed by atoms with Crippen LogP contribution in [0.15, 0.2) is 23.4 Å². The van der Waals surface area contributed by atoms with Crippen LogP contribution in [0.25, 0.3) is 0 Å². The quantitative estimate of drug-likeness (QED) is 0.888. The molecule has 1 aromatic rings. The van der Waals surface area contributed by atoms with Crippen LogP contribution in [0.4, 0.5) is 5.69 Å². The largest absolute Gasteiger partial charge is 0.398 e. The zero-order valence-electron chi connectivity index (χ0n) is 12.0. The van der Waals surface area contributed by atoms with Crippen molar-refractivity contribution in [1.82, 2.24) is 14.2 Å². The molecule has 6 nitrogen and oxygen atoms in total. The summed E-state index contributed by atoms with van der Waals surface area (Å²) in [5.41, 5.74) is 6.01. The number of nitrogen functional groups attached to an aromatic ring is 1. The molecule has 0 aromatic carbocycles. The lowest BCUT2D eigenvalue weighted by molar-refractivity contribution is 0.176. The van der Waals surface area contributed by atoms with Crippen LogP contribution >= 0.6 is 0 Å². The highest BCUT2D eigenvalue weighted by molar-refractivity contribution is 7.89. The fraction of sp³-hybridized carbons (Fsp3) is 0.615. The standard InChI is InChI=1S/C13H22N4O2S/c1-3-17-8-5-11(6-9-17)16(2)20(18,19)13-10-15-7-4-12(13)14/h4,7,10-11H,3,5-6,8-9H2,1-2H3,(H2,14,15). The maximum absolute atomic E-state index is 12.6. The highest BCUT2D eigenvalue weighted by atomic mass is 32.2.